The van der Waals surface area contributed by atoms with E-state index in [1.54, 1.807) is 18.4 Å². The smallest absolute Gasteiger partial charge is 0.127 e. The summed E-state index contributed by atoms with van der Waals surface area (Å²) in [6.45, 7) is 0. The zero-order valence-corrected chi connectivity index (χ0v) is 8.60. The summed E-state index contributed by atoms with van der Waals surface area (Å²) >= 11 is 1.65. The van der Waals surface area contributed by atoms with Gasteiger partial charge in [-0.25, -0.2) is 0 Å². The lowest BCUT2D eigenvalue weighted by atomic mass is 10.1. The molecule has 0 radical (unpaired) electrons. The van der Waals surface area contributed by atoms with E-state index in [0.717, 1.165) is 16.7 Å². The lowest BCUT2D eigenvalue weighted by Crippen LogP contribution is -1.85. The molecule has 0 N–H and O–H groups in total. The number of hydrogen-bond donors (Lipinski definition) is 0. The molecule has 14 heavy (non-hydrogen) atoms. The van der Waals surface area contributed by atoms with Crippen molar-refractivity contribution in [1.29, 1.82) is 5.26 Å². The second-order valence-corrected chi connectivity index (χ2v) is 3.84. The normalized spacial score (nSPS) is 10.0. The first kappa shape index (κ1) is 9.04. The number of nitrogens with zero attached hydrogens (tertiary/aromatic N) is 1. The van der Waals surface area contributed by atoms with Crippen LogP contribution in [0.3, 0.4) is 0 Å². The van der Waals surface area contributed by atoms with Gasteiger partial charge in [0.2, 0.25) is 0 Å². The van der Waals surface area contributed by atoms with Crippen LogP contribution in [-0.2, 0) is 6.42 Å². The van der Waals surface area contributed by atoms with Crippen molar-refractivity contribution < 1.29 is 4.74 Å². The molecule has 0 fully saturated rings. The highest BCUT2D eigenvalue weighted by Gasteiger charge is 2.08. The summed E-state index contributed by atoms with van der Waals surface area (Å²) in [6.07, 6.45) is 0.445. The van der Waals surface area contributed by atoms with Crippen LogP contribution in [0.25, 0.3) is 10.1 Å². The van der Waals surface area contributed by atoms with E-state index < -0.39 is 0 Å². The van der Waals surface area contributed by atoms with Crippen LogP contribution < -0.4 is 4.74 Å². The van der Waals surface area contributed by atoms with Gasteiger partial charge >= 0.3 is 0 Å². The van der Waals surface area contributed by atoms with Crippen LogP contribution in [0.5, 0.6) is 5.75 Å². The molecule has 0 unspecified atom stereocenters. The van der Waals surface area contributed by atoms with Gasteiger partial charge in [0.05, 0.1) is 19.6 Å². The fourth-order valence-electron chi connectivity index (χ4n) is 1.50. The maximum absolute atomic E-state index is 8.67. The number of thiophene rings is 1. The number of methoxy groups -OCH3 is 1. The van der Waals surface area contributed by atoms with Gasteiger partial charge in [-0.1, -0.05) is 6.07 Å². The van der Waals surface area contributed by atoms with Gasteiger partial charge in [-0.2, -0.15) is 5.26 Å². The van der Waals surface area contributed by atoms with Gasteiger partial charge in [0, 0.05) is 10.1 Å². The molecule has 0 amide bonds. The van der Waals surface area contributed by atoms with E-state index >= 15 is 0 Å². The first-order valence-electron chi connectivity index (χ1n) is 4.27. The molecule has 0 aliphatic rings. The Morgan fingerprint density at radius 2 is 2.36 bits per heavy atom. The average molecular weight is 203 g/mol. The fourth-order valence-corrected chi connectivity index (χ4v) is 2.48. The third kappa shape index (κ3) is 1.34. The average Bonchev–Trinajstić information content (AvgIpc) is 2.62. The summed E-state index contributed by atoms with van der Waals surface area (Å²) in [5, 5.41) is 11.8. The Morgan fingerprint density at radius 3 is 3.07 bits per heavy atom. The minimum atomic E-state index is 0.445. The van der Waals surface area contributed by atoms with Crippen LogP contribution in [0.15, 0.2) is 23.6 Å². The molecule has 0 atom stereocenters. The number of fused-ring (bicyclic) bond motifs is 1. The second-order valence-electron chi connectivity index (χ2n) is 2.93. The van der Waals surface area contributed by atoms with Gasteiger partial charge < -0.3 is 4.74 Å². The Kier molecular flexibility index (Phi) is 2.38. The first-order valence-corrected chi connectivity index (χ1v) is 5.15. The molecule has 1 aromatic carbocycles. The molecule has 0 aliphatic heterocycles. The molecule has 0 saturated carbocycles. The molecular weight excluding hydrogens is 194 g/mol. The molecule has 0 aliphatic carbocycles. The lowest BCUT2D eigenvalue weighted by Gasteiger charge is -2.02. The van der Waals surface area contributed by atoms with E-state index in [9.17, 15) is 0 Å². The number of ether oxygens (including phenoxy) is 1. The third-order valence-corrected chi connectivity index (χ3v) is 3.12. The highest BCUT2D eigenvalue weighted by atomic mass is 32.1. The summed E-state index contributed by atoms with van der Waals surface area (Å²) in [6, 6.07) is 8.10. The van der Waals surface area contributed by atoms with Gasteiger partial charge in [0.1, 0.15) is 5.75 Å². The third-order valence-electron chi connectivity index (χ3n) is 2.13. The maximum Gasteiger partial charge on any atom is 0.127 e. The van der Waals surface area contributed by atoms with Crippen LogP contribution in [0, 0.1) is 11.3 Å². The summed E-state index contributed by atoms with van der Waals surface area (Å²) in [4.78, 5) is 0. The summed E-state index contributed by atoms with van der Waals surface area (Å²) in [5.41, 5.74) is 1.06. The number of hydrogen-bond acceptors (Lipinski definition) is 3. The molecule has 3 heteroatoms. The van der Waals surface area contributed by atoms with E-state index in [1.807, 2.05) is 23.6 Å². The monoisotopic (exact) mass is 203 g/mol. The molecule has 2 nitrogen and oxygen atoms in total. The topological polar surface area (TPSA) is 33.0 Å². The van der Waals surface area contributed by atoms with Crippen molar-refractivity contribution in [2.45, 2.75) is 6.42 Å². The quantitative estimate of drug-likeness (QED) is 0.751. The number of rotatable bonds is 2. The zero-order chi connectivity index (χ0) is 9.97. The second kappa shape index (κ2) is 3.69. The van der Waals surface area contributed by atoms with Crippen molar-refractivity contribution in [2.75, 3.05) is 7.11 Å². The Bertz CT molecular complexity index is 495. The molecule has 1 heterocycles. The summed E-state index contributed by atoms with van der Waals surface area (Å²) in [5.74, 6) is 0.856. The minimum absolute atomic E-state index is 0.445. The highest BCUT2D eigenvalue weighted by molar-refractivity contribution is 7.17. The highest BCUT2D eigenvalue weighted by Crippen LogP contribution is 2.33. The molecule has 1 aromatic heterocycles. The van der Waals surface area contributed by atoms with Crippen LogP contribution >= 0.6 is 11.3 Å². The predicted octanol–water partition coefficient (Wildman–Crippen LogP) is 2.98. The van der Waals surface area contributed by atoms with Crippen LogP contribution in [0.2, 0.25) is 0 Å². The Labute approximate surface area is 86.4 Å². The Balaban J connectivity index is 2.69. The van der Waals surface area contributed by atoms with Crippen LogP contribution in [0.1, 0.15) is 5.56 Å². The van der Waals surface area contributed by atoms with Crippen molar-refractivity contribution in [3.63, 3.8) is 0 Å². The molecule has 0 bridgehead atoms. The molecule has 0 spiro atoms. The van der Waals surface area contributed by atoms with Gasteiger partial charge in [-0.15, -0.1) is 11.3 Å². The van der Waals surface area contributed by atoms with Crippen LogP contribution in [-0.4, -0.2) is 7.11 Å². The summed E-state index contributed by atoms with van der Waals surface area (Å²) in [7, 11) is 1.66. The molecule has 2 aromatic rings. The van der Waals surface area contributed by atoms with Gasteiger partial charge in [0.25, 0.3) is 0 Å². The Morgan fingerprint density at radius 1 is 1.50 bits per heavy atom. The van der Waals surface area contributed by atoms with Crippen molar-refractivity contribution in [1.82, 2.24) is 0 Å². The molecular formula is C11H9NOS. The zero-order valence-electron chi connectivity index (χ0n) is 7.78. The largest absolute Gasteiger partial charge is 0.496 e. The minimum Gasteiger partial charge on any atom is -0.496 e. The van der Waals surface area contributed by atoms with Crippen molar-refractivity contribution in [2.24, 2.45) is 0 Å². The van der Waals surface area contributed by atoms with Crippen molar-refractivity contribution in [3.8, 4) is 11.8 Å². The number of benzene rings is 1. The molecule has 2 rings (SSSR count). The SMILES string of the molecule is COc1cccc2scc(CC#N)c12. The van der Waals surface area contributed by atoms with E-state index in [2.05, 4.69) is 6.07 Å². The van der Waals surface area contributed by atoms with E-state index in [-0.39, 0.29) is 0 Å². The lowest BCUT2D eigenvalue weighted by molar-refractivity contribution is 0.419. The standard InChI is InChI=1S/C11H9NOS/c1-13-9-3-2-4-10-11(9)8(5-6-12)7-14-10/h2-4,7H,5H2,1H3. The van der Waals surface area contributed by atoms with Gasteiger partial charge in [-0.3, -0.25) is 0 Å². The van der Waals surface area contributed by atoms with E-state index in [1.165, 1.54) is 4.70 Å². The van der Waals surface area contributed by atoms with E-state index in [4.69, 9.17) is 10.00 Å². The fraction of sp³-hybridized carbons (Fsp3) is 0.182. The first-order chi connectivity index (χ1) is 6.86. The molecule has 70 valence electrons. The van der Waals surface area contributed by atoms with Gasteiger partial charge in [0.15, 0.2) is 0 Å². The Hall–Kier alpha value is -1.53. The van der Waals surface area contributed by atoms with Gasteiger partial charge in [-0.05, 0) is 23.1 Å². The predicted molar refractivity (Wildman–Crippen MR) is 57.7 cm³/mol. The van der Waals surface area contributed by atoms with Crippen molar-refractivity contribution >= 4 is 21.4 Å². The van der Waals surface area contributed by atoms with Crippen LogP contribution in [0.4, 0.5) is 0 Å². The number of nitriles is 1. The van der Waals surface area contributed by atoms with Crippen molar-refractivity contribution in [3.05, 3.63) is 29.1 Å². The molecule has 0 saturated heterocycles. The maximum atomic E-state index is 8.67. The summed E-state index contributed by atoms with van der Waals surface area (Å²) < 4.78 is 6.45. The van der Waals surface area contributed by atoms with E-state index in [0.29, 0.717) is 6.42 Å².